The van der Waals surface area contributed by atoms with Gasteiger partial charge in [-0.15, -0.1) is 0 Å². The van der Waals surface area contributed by atoms with E-state index in [-0.39, 0.29) is 4.83 Å². The molecule has 0 heterocycles. The molecule has 4 rings (SSSR count). The van der Waals surface area contributed by atoms with E-state index < -0.39 is 0 Å². The van der Waals surface area contributed by atoms with Crippen LogP contribution in [-0.4, -0.2) is 10.6 Å². The highest BCUT2D eigenvalue weighted by Gasteiger charge is 2.61. The Balaban J connectivity index is 1.48. The lowest BCUT2D eigenvalue weighted by atomic mass is 9.44. The minimum Gasteiger partial charge on any atom is -0.298 e. The monoisotopic (exact) mass is 464 g/mol. The molecule has 0 aromatic heterocycles. The Hall–Kier alpha value is 0.150. The van der Waals surface area contributed by atoms with E-state index >= 15 is 0 Å². The lowest BCUT2D eigenvalue weighted by Crippen LogP contribution is -2.55. The van der Waals surface area contributed by atoms with Gasteiger partial charge < -0.3 is 0 Å². The highest BCUT2D eigenvalue weighted by molar-refractivity contribution is 9.10. The molecule has 4 fully saturated rings. The van der Waals surface area contributed by atoms with E-state index in [0.29, 0.717) is 22.5 Å². The van der Waals surface area contributed by atoms with Crippen LogP contribution in [0.4, 0.5) is 0 Å². The third-order valence-electron chi connectivity index (χ3n) is 10.7. The summed E-state index contributed by atoms with van der Waals surface area (Å²) in [6, 6.07) is 0. The summed E-state index contributed by atoms with van der Waals surface area (Å²) in [4.78, 5) is 12.5. The third-order valence-corrected chi connectivity index (χ3v) is 11.5. The summed E-state index contributed by atoms with van der Waals surface area (Å²) in [5.74, 6) is 6.56. The number of hydrogen-bond acceptors (Lipinski definition) is 1. The van der Waals surface area contributed by atoms with Crippen LogP contribution in [0.5, 0.6) is 0 Å². The Labute approximate surface area is 188 Å². The number of alkyl halides is 1. The van der Waals surface area contributed by atoms with Crippen LogP contribution in [0, 0.1) is 52.3 Å². The normalized spacial score (nSPS) is 48.2. The number of halogens is 1. The zero-order valence-corrected chi connectivity index (χ0v) is 21.3. The fraction of sp³-hybridized carbons (Fsp3) is 0.963. The second-order valence-corrected chi connectivity index (χ2v) is 13.6. The maximum absolute atomic E-state index is 12.4. The zero-order chi connectivity index (χ0) is 21.0. The van der Waals surface area contributed by atoms with Crippen molar-refractivity contribution in [1.29, 1.82) is 0 Å². The Morgan fingerprint density at radius 1 is 0.966 bits per heavy atom. The van der Waals surface area contributed by atoms with Gasteiger partial charge in [0.15, 0.2) is 0 Å². The molecule has 0 N–H and O–H groups in total. The van der Waals surface area contributed by atoms with Crippen LogP contribution in [0.2, 0.25) is 0 Å². The number of ketones is 1. The van der Waals surface area contributed by atoms with E-state index in [1.54, 1.807) is 0 Å². The minimum absolute atomic E-state index is 0.119. The molecule has 0 spiro atoms. The van der Waals surface area contributed by atoms with Crippen LogP contribution in [0.15, 0.2) is 0 Å². The smallest absolute Gasteiger partial charge is 0.146 e. The first-order valence-corrected chi connectivity index (χ1v) is 13.7. The van der Waals surface area contributed by atoms with Crippen LogP contribution in [0.25, 0.3) is 0 Å². The molecular weight excluding hydrogens is 420 g/mol. The lowest BCUT2D eigenvalue weighted by molar-refractivity contribution is -0.139. The second kappa shape index (κ2) is 8.25. The van der Waals surface area contributed by atoms with Gasteiger partial charge in [0.2, 0.25) is 0 Å². The standard InChI is InChI=1S/C27H45BrO/c1-17(2)7-6-8-18(3)21-11-12-22-20-10-9-19-15-25(29)24(28)16-27(19,5)23(20)13-14-26(21,22)4/h17-24H,6-16H2,1-5H3/t18-,19-,20-,21-,22+,23+,24+,26-,27-/m0/s1. The third kappa shape index (κ3) is 3.80. The molecule has 2 heteroatoms. The molecule has 4 aliphatic rings. The zero-order valence-electron chi connectivity index (χ0n) is 19.7. The summed E-state index contributed by atoms with van der Waals surface area (Å²) in [6.07, 6.45) is 14.7. The first-order chi connectivity index (χ1) is 13.7. The van der Waals surface area contributed by atoms with E-state index in [4.69, 9.17) is 0 Å². The van der Waals surface area contributed by atoms with E-state index in [1.165, 1.54) is 57.8 Å². The minimum atomic E-state index is 0.119. The van der Waals surface area contributed by atoms with Crippen molar-refractivity contribution < 1.29 is 4.79 Å². The van der Waals surface area contributed by atoms with Gasteiger partial charge in [-0.05, 0) is 97.2 Å². The van der Waals surface area contributed by atoms with Crippen LogP contribution in [0.1, 0.15) is 105 Å². The van der Waals surface area contributed by atoms with Crippen LogP contribution in [-0.2, 0) is 4.79 Å². The van der Waals surface area contributed by atoms with Gasteiger partial charge >= 0.3 is 0 Å². The van der Waals surface area contributed by atoms with Gasteiger partial charge in [-0.2, -0.15) is 0 Å². The molecule has 4 aliphatic carbocycles. The maximum atomic E-state index is 12.4. The van der Waals surface area contributed by atoms with Crippen molar-refractivity contribution in [2.75, 3.05) is 0 Å². The van der Waals surface area contributed by atoms with Gasteiger partial charge in [-0.25, -0.2) is 0 Å². The number of rotatable bonds is 5. The molecule has 4 saturated carbocycles. The molecule has 0 bridgehead atoms. The molecule has 0 aromatic rings. The Morgan fingerprint density at radius 2 is 1.69 bits per heavy atom. The first-order valence-electron chi connectivity index (χ1n) is 12.8. The molecule has 0 unspecified atom stereocenters. The van der Waals surface area contributed by atoms with Crippen molar-refractivity contribution >= 4 is 21.7 Å². The summed E-state index contributed by atoms with van der Waals surface area (Å²) in [5, 5.41) is 0. The average Bonchev–Trinajstić information content (AvgIpc) is 3.00. The Bertz CT molecular complexity index is 614. The molecule has 1 nitrogen and oxygen atoms in total. The Kier molecular flexibility index (Phi) is 6.36. The SMILES string of the molecule is CC(C)CCC[C@H](C)[C@@H]1CC[C@@H]2[C@@H]3CC[C@H]4CC(=O)[C@H](Br)C[C@]4(C)[C@@H]3CC[C@]21C. The maximum Gasteiger partial charge on any atom is 0.146 e. The molecule has 0 amide bonds. The van der Waals surface area contributed by atoms with Crippen molar-refractivity contribution in [3.05, 3.63) is 0 Å². The second-order valence-electron chi connectivity index (χ2n) is 12.5. The summed E-state index contributed by atoms with van der Waals surface area (Å²) in [5.41, 5.74) is 0.979. The molecule has 0 aliphatic heterocycles. The van der Waals surface area contributed by atoms with E-state index in [9.17, 15) is 4.79 Å². The van der Waals surface area contributed by atoms with E-state index in [0.717, 1.165) is 48.3 Å². The van der Waals surface area contributed by atoms with Crippen molar-refractivity contribution in [2.45, 2.75) is 110 Å². The van der Waals surface area contributed by atoms with Crippen LogP contribution >= 0.6 is 15.9 Å². The van der Waals surface area contributed by atoms with Crippen molar-refractivity contribution in [3.63, 3.8) is 0 Å². The molecule has 29 heavy (non-hydrogen) atoms. The highest BCUT2D eigenvalue weighted by atomic mass is 79.9. The van der Waals surface area contributed by atoms with Gasteiger partial charge in [-0.3, -0.25) is 4.79 Å². The largest absolute Gasteiger partial charge is 0.298 e. The topological polar surface area (TPSA) is 17.1 Å². The van der Waals surface area contributed by atoms with Gasteiger partial charge in [0, 0.05) is 6.42 Å². The van der Waals surface area contributed by atoms with Gasteiger partial charge in [-0.1, -0.05) is 69.8 Å². The molecule has 9 atom stereocenters. The predicted octanol–water partition coefficient (Wildman–Crippen LogP) is 8.05. The lowest BCUT2D eigenvalue weighted by Gasteiger charge is -2.61. The number of hydrogen-bond donors (Lipinski definition) is 0. The number of Topliss-reactive ketones (excluding diaryl/α,β-unsaturated/α-hetero) is 1. The fourth-order valence-electron chi connectivity index (χ4n) is 9.08. The molecule has 166 valence electrons. The van der Waals surface area contributed by atoms with Crippen molar-refractivity contribution in [2.24, 2.45) is 52.3 Å². The van der Waals surface area contributed by atoms with Crippen molar-refractivity contribution in [1.82, 2.24) is 0 Å². The number of fused-ring (bicyclic) bond motifs is 5. The number of carbonyl (C=O) groups is 1. The first kappa shape index (κ1) is 22.3. The Morgan fingerprint density at radius 3 is 2.41 bits per heavy atom. The molecule has 0 radical (unpaired) electrons. The predicted molar refractivity (Wildman–Crippen MR) is 126 cm³/mol. The summed E-state index contributed by atoms with van der Waals surface area (Å²) in [6.45, 7) is 12.6. The molecule has 0 saturated heterocycles. The highest BCUT2D eigenvalue weighted by Crippen LogP contribution is 2.68. The molecular formula is C27H45BrO. The quantitative estimate of drug-likeness (QED) is 0.375. The van der Waals surface area contributed by atoms with Crippen LogP contribution in [0.3, 0.4) is 0 Å². The van der Waals surface area contributed by atoms with E-state index in [1.807, 2.05) is 0 Å². The fourth-order valence-corrected chi connectivity index (χ4v) is 9.97. The molecule has 0 aromatic carbocycles. The summed E-state index contributed by atoms with van der Waals surface area (Å²) >= 11 is 3.75. The van der Waals surface area contributed by atoms with Gasteiger partial charge in [0.25, 0.3) is 0 Å². The summed E-state index contributed by atoms with van der Waals surface area (Å²) in [7, 11) is 0. The van der Waals surface area contributed by atoms with Crippen molar-refractivity contribution in [3.8, 4) is 0 Å². The summed E-state index contributed by atoms with van der Waals surface area (Å²) < 4.78 is 0. The van der Waals surface area contributed by atoms with Crippen LogP contribution < -0.4 is 0 Å². The van der Waals surface area contributed by atoms with Gasteiger partial charge in [0.05, 0.1) is 4.83 Å². The average molecular weight is 466 g/mol. The number of carbonyl (C=O) groups excluding carboxylic acids is 1. The van der Waals surface area contributed by atoms with E-state index in [2.05, 4.69) is 50.5 Å². The van der Waals surface area contributed by atoms with Gasteiger partial charge in [0.1, 0.15) is 5.78 Å².